The molecule has 2 nitrogen and oxygen atoms in total. The van der Waals surface area contributed by atoms with Gasteiger partial charge in [-0.2, -0.15) is 0 Å². The van der Waals surface area contributed by atoms with Gasteiger partial charge in [0.25, 0.3) is 5.95 Å². The highest BCUT2D eigenvalue weighted by Crippen LogP contribution is 1.96. The third-order valence-corrected chi connectivity index (χ3v) is 0.927. The lowest BCUT2D eigenvalue weighted by Gasteiger charge is -2.06. The van der Waals surface area contributed by atoms with Crippen molar-refractivity contribution < 1.29 is 9.47 Å². The zero-order valence-corrected chi connectivity index (χ0v) is 6.81. The zero-order valence-electron chi connectivity index (χ0n) is 5.81. The van der Waals surface area contributed by atoms with Crippen LogP contribution in [0.4, 0.5) is 0 Å². The fraction of sp³-hybridized carbons (Fsp3) is 0.667. The second-order valence-corrected chi connectivity index (χ2v) is 1.62. The van der Waals surface area contributed by atoms with Gasteiger partial charge in [0, 0.05) is 0 Å². The Balaban J connectivity index is 3.43. The average molecular weight is 143 g/mol. The van der Waals surface area contributed by atoms with E-state index in [2.05, 4.69) is 10.2 Å². The Bertz CT molecular complexity index is 83.1. The summed E-state index contributed by atoms with van der Waals surface area (Å²) in [5.74, 6) is 0.539. The van der Waals surface area contributed by atoms with Crippen molar-refractivity contribution in [1.29, 1.82) is 0 Å². The molecule has 0 spiro atoms. The molecular formula is C6H11O2Si. The first-order chi connectivity index (χ1) is 4.35. The Morgan fingerprint density at radius 2 is 1.78 bits per heavy atom. The minimum Gasteiger partial charge on any atom is -0.466 e. The predicted octanol–water partition coefficient (Wildman–Crippen LogP) is 1.03. The van der Waals surface area contributed by atoms with Crippen LogP contribution in [-0.4, -0.2) is 23.5 Å². The van der Waals surface area contributed by atoms with E-state index in [-0.39, 0.29) is 0 Å². The van der Waals surface area contributed by atoms with Crippen molar-refractivity contribution in [3.8, 4) is 0 Å². The van der Waals surface area contributed by atoms with E-state index in [1.807, 2.05) is 13.8 Å². The van der Waals surface area contributed by atoms with Gasteiger partial charge in [-0.1, -0.05) is 0 Å². The third-order valence-electron chi connectivity index (χ3n) is 0.691. The second kappa shape index (κ2) is 5.69. The highest BCUT2D eigenvalue weighted by atomic mass is 28.1. The molecule has 0 saturated heterocycles. The molecule has 51 valence electrons. The second-order valence-electron chi connectivity index (χ2n) is 1.33. The van der Waals surface area contributed by atoms with Gasteiger partial charge in [0.05, 0.1) is 23.5 Å². The average Bonchev–Trinajstić information content (AvgIpc) is 1.88. The number of hydrogen-bond acceptors (Lipinski definition) is 2. The molecule has 0 aromatic rings. The quantitative estimate of drug-likeness (QED) is 0.432. The Hall–Kier alpha value is -0.443. The molecule has 0 amide bonds. The highest BCUT2D eigenvalue weighted by molar-refractivity contribution is 6.17. The van der Waals surface area contributed by atoms with Crippen molar-refractivity contribution in [1.82, 2.24) is 0 Å². The molecule has 0 unspecified atom stereocenters. The molecule has 0 rings (SSSR count). The summed E-state index contributed by atoms with van der Waals surface area (Å²) < 4.78 is 10.0. The molecule has 3 radical (unpaired) electrons. The molecule has 0 heterocycles. The van der Waals surface area contributed by atoms with Gasteiger partial charge in [0.15, 0.2) is 0 Å². The minimum atomic E-state index is 0.539. The third kappa shape index (κ3) is 4.09. The van der Waals surface area contributed by atoms with Crippen molar-refractivity contribution in [2.24, 2.45) is 0 Å². The van der Waals surface area contributed by atoms with Crippen LogP contribution in [0.15, 0.2) is 11.6 Å². The largest absolute Gasteiger partial charge is 0.466 e. The first kappa shape index (κ1) is 8.56. The fourth-order valence-corrected chi connectivity index (χ4v) is 0.576. The zero-order chi connectivity index (χ0) is 7.11. The smallest absolute Gasteiger partial charge is 0.269 e. The van der Waals surface area contributed by atoms with E-state index in [4.69, 9.17) is 9.47 Å². The van der Waals surface area contributed by atoms with Crippen LogP contribution in [0, 0.1) is 0 Å². The molecule has 0 aliphatic heterocycles. The summed E-state index contributed by atoms with van der Waals surface area (Å²) in [7, 11) is 3.15. The molecule has 0 aliphatic rings. The van der Waals surface area contributed by atoms with Gasteiger partial charge >= 0.3 is 0 Å². The van der Waals surface area contributed by atoms with Crippen molar-refractivity contribution >= 4 is 10.2 Å². The lowest BCUT2D eigenvalue weighted by atomic mass is 10.8. The summed E-state index contributed by atoms with van der Waals surface area (Å²) in [6, 6.07) is 0. The topological polar surface area (TPSA) is 18.5 Å². The number of hydrogen-bond donors (Lipinski definition) is 0. The first-order valence-corrected chi connectivity index (χ1v) is 3.55. The SMILES string of the molecule is CCOC(=C[Si])OCC. The highest BCUT2D eigenvalue weighted by Gasteiger charge is 1.90. The molecule has 0 atom stereocenters. The van der Waals surface area contributed by atoms with Gasteiger partial charge in [-0.25, -0.2) is 0 Å². The van der Waals surface area contributed by atoms with Gasteiger partial charge in [0.2, 0.25) is 0 Å². The molecule has 9 heavy (non-hydrogen) atoms. The van der Waals surface area contributed by atoms with Crippen LogP contribution >= 0.6 is 0 Å². The summed E-state index contributed by atoms with van der Waals surface area (Å²) in [5, 5.41) is 0. The molecule has 0 saturated carbocycles. The van der Waals surface area contributed by atoms with E-state index in [0.717, 1.165) is 0 Å². The Kier molecular flexibility index (Phi) is 5.41. The van der Waals surface area contributed by atoms with Crippen molar-refractivity contribution in [3.05, 3.63) is 11.6 Å². The van der Waals surface area contributed by atoms with Gasteiger partial charge < -0.3 is 9.47 Å². The summed E-state index contributed by atoms with van der Waals surface area (Å²) in [6.45, 7) is 5.09. The molecule has 0 bridgehead atoms. The van der Waals surface area contributed by atoms with Crippen LogP contribution in [0.25, 0.3) is 0 Å². The van der Waals surface area contributed by atoms with Crippen molar-refractivity contribution in [2.75, 3.05) is 13.2 Å². The summed E-state index contributed by atoms with van der Waals surface area (Å²) in [5.41, 5.74) is 1.62. The molecule has 0 aromatic carbocycles. The van der Waals surface area contributed by atoms with E-state index in [1.54, 1.807) is 5.70 Å². The Labute approximate surface area is 59.3 Å². The van der Waals surface area contributed by atoms with Gasteiger partial charge in [-0.05, 0) is 19.5 Å². The molecular weight excluding hydrogens is 132 g/mol. The van der Waals surface area contributed by atoms with Crippen LogP contribution in [0.1, 0.15) is 13.8 Å². The van der Waals surface area contributed by atoms with Crippen LogP contribution in [0.3, 0.4) is 0 Å². The molecule has 3 heteroatoms. The van der Waals surface area contributed by atoms with Crippen LogP contribution in [0.2, 0.25) is 0 Å². The van der Waals surface area contributed by atoms with Crippen LogP contribution in [0.5, 0.6) is 0 Å². The van der Waals surface area contributed by atoms with Gasteiger partial charge in [-0.3, -0.25) is 0 Å². The maximum Gasteiger partial charge on any atom is 0.269 e. The maximum absolute atomic E-state index is 5.02. The molecule has 0 N–H and O–H groups in total. The minimum absolute atomic E-state index is 0.539. The van der Waals surface area contributed by atoms with Crippen LogP contribution in [-0.2, 0) is 9.47 Å². The fourth-order valence-electron chi connectivity index (χ4n) is 0.410. The van der Waals surface area contributed by atoms with Gasteiger partial charge in [-0.15, -0.1) is 0 Å². The normalized spacial score (nSPS) is 8.33. The van der Waals surface area contributed by atoms with Crippen LogP contribution < -0.4 is 0 Å². The van der Waals surface area contributed by atoms with E-state index in [9.17, 15) is 0 Å². The summed E-state index contributed by atoms with van der Waals surface area (Å²) in [4.78, 5) is 0. The van der Waals surface area contributed by atoms with Gasteiger partial charge in [0.1, 0.15) is 0 Å². The van der Waals surface area contributed by atoms with E-state index < -0.39 is 0 Å². The van der Waals surface area contributed by atoms with E-state index in [0.29, 0.717) is 19.2 Å². The Morgan fingerprint density at radius 3 is 2.00 bits per heavy atom. The van der Waals surface area contributed by atoms with Crippen molar-refractivity contribution in [3.63, 3.8) is 0 Å². The number of rotatable bonds is 4. The Morgan fingerprint density at radius 1 is 1.33 bits per heavy atom. The summed E-state index contributed by atoms with van der Waals surface area (Å²) in [6.07, 6.45) is 0. The monoisotopic (exact) mass is 143 g/mol. The first-order valence-electron chi connectivity index (χ1n) is 2.98. The molecule has 0 aromatic heterocycles. The maximum atomic E-state index is 5.02. The molecule has 0 fully saturated rings. The lowest BCUT2D eigenvalue weighted by Crippen LogP contribution is -1.96. The number of ether oxygens (including phenoxy) is 2. The standard InChI is InChI=1S/C6H11O2Si/c1-3-7-6(5-9)8-4-2/h5H,3-4H2,1-2H3. The van der Waals surface area contributed by atoms with E-state index in [1.165, 1.54) is 0 Å². The summed E-state index contributed by atoms with van der Waals surface area (Å²) >= 11 is 0. The van der Waals surface area contributed by atoms with Crippen molar-refractivity contribution in [2.45, 2.75) is 13.8 Å². The molecule has 0 aliphatic carbocycles. The van der Waals surface area contributed by atoms with E-state index >= 15 is 0 Å². The predicted molar refractivity (Wildman–Crippen MR) is 37.1 cm³/mol. The lowest BCUT2D eigenvalue weighted by molar-refractivity contribution is 0.0476.